The van der Waals surface area contributed by atoms with Gasteiger partial charge in [0.05, 0.1) is 41.4 Å². The normalized spacial score (nSPS) is 23.9. The summed E-state index contributed by atoms with van der Waals surface area (Å²) < 4.78 is 3.88. The maximum Gasteiger partial charge on any atom is 0.249 e. The minimum absolute atomic E-state index is 0.164. The Morgan fingerprint density at radius 2 is 1.67 bits per heavy atom. The molecule has 4 aliphatic heterocycles. The van der Waals surface area contributed by atoms with E-state index in [0.29, 0.717) is 53.7 Å². The van der Waals surface area contributed by atoms with Crippen molar-refractivity contribution in [3.63, 3.8) is 0 Å². The Morgan fingerprint density at radius 3 is 2.38 bits per heavy atom. The first kappa shape index (κ1) is 42.5. The van der Waals surface area contributed by atoms with Crippen molar-refractivity contribution in [3.05, 3.63) is 78.0 Å². The Labute approximate surface area is 385 Å². The van der Waals surface area contributed by atoms with Gasteiger partial charge in [-0.3, -0.25) is 24.4 Å². The zero-order valence-corrected chi connectivity index (χ0v) is 38.0. The summed E-state index contributed by atoms with van der Waals surface area (Å²) in [7, 11) is 0. The summed E-state index contributed by atoms with van der Waals surface area (Å²) in [5.41, 5.74) is 7.80. The quantitative estimate of drug-likeness (QED) is 0.143. The Balaban J connectivity index is 0.712. The maximum atomic E-state index is 13.3. The van der Waals surface area contributed by atoms with Crippen molar-refractivity contribution in [1.29, 1.82) is 5.26 Å². The molecule has 1 atom stereocenters. The van der Waals surface area contributed by atoms with Crippen LogP contribution in [0.4, 0.5) is 11.5 Å². The van der Waals surface area contributed by atoms with E-state index in [9.17, 15) is 19.6 Å². The number of rotatable bonds is 10. The second-order valence-corrected chi connectivity index (χ2v) is 19.8. The van der Waals surface area contributed by atoms with Crippen LogP contribution in [0.15, 0.2) is 61.3 Å². The Bertz CT molecular complexity index is 2670. The fourth-order valence-corrected chi connectivity index (χ4v) is 11.9. The molecule has 15 nitrogen and oxygen atoms in total. The third-order valence-electron chi connectivity index (χ3n) is 16.4. The fourth-order valence-electron chi connectivity index (χ4n) is 11.9. The van der Waals surface area contributed by atoms with Gasteiger partial charge < -0.3 is 20.0 Å². The van der Waals surface area contributed by atoms with E-state index in [2.05, 4.69) is 72.5 Å². The lowest BCUT2D eigenvalue weighted by molar-refractivity contribution is -0.135. The van der Waals surface area contributed by atoms with E-state index in [1.54, 1.807) is 10.7 Å². The lowest BCUT2D eigenvalue weighted by Crippen LogP contribution is -2.52. The molecule has 0 bridgehead atoms. The molecule has 2 N–H and O–H groups in total. The molecule has 1 aromatic carbocycles. The van der Waals surface area contributed by atoms with Crippen LogP contribution >= 0.6 is 0 Å². The summed E-state index contributed by atoms with van der Waals surface area (Å²) in [4.78, 5) is 54.9. The maximum absolute atomic E-state index is 13.3. The summed E-state index contributed by atoms with van der Waals surface area (Å²) in [6.07, 6.45) is 23.9. The number of carbonyl (C=O) groups excluding carboxylic acids is 3. The number of anilines is 2. The number of hydrogen-bond acceptors (Lipinski definition) is 11. The van der Waals surface area contributed by atoms with Crippen LogP contribution in [-0.2, 0) is 20.8 Å². The molecular weight excluding hydrogens is 829 g/mol. The van der Waals surface area contributed by atoms with Crippen LogP contribution in [-0.4, -0.2) is 103 Å². The second kappa shape index (κ2) is 17.6. The van der Waals surface area contributed by atoms with Crippen molar-refractivity contribution in [3.8, 4) is 28.6 Å². The lowest BCUT2D eigenvalue weighted by Gasteiger charge is -2.42. The average molecular weight is 889 g/mol. The van der Waals surface area contributed by atoms with Crippen molar-refractivity contribution < 1.29 is 14.4 Å². The predicted octanol–water partition coefficient (Wildman–Crippen LogP) is 6.72. The van der Waals surface area contributed by atoms with Crippen LogP contribution in [0.2, 0.25) is 0 Å². The van der Waals surface area contributed by atoms with Gasteiger partial charge >= 0.3 is 0 Å². The predicted molar refractivity (Wildman–Crippen MR) is 251 cm³/mol. The molecule has 342 valence electrons. The van der Waals surface area contributed by atoms with Gasteiger partial charge in [0, 0.05) is 67.3 Å². The number of hydrogen-bond donors (Lipinski definition) is 2. The first-order valence-corrected chi connectivity index (χ1v) is 24.6. The molecule has 15 heteroatoms. The van der Waals surface area contributed by atoms with E-state index >= 15 is 0 Å². The molecule has 4 aromatic heterocycles. The fraction of sp³-hybridized carbons (Fsp3) is 0.529. The van der Waals surface area contributed by atoms with E-state index in [-0.39, 0.29) is 29.2 Å². The summed E-state index contributed by atoms with van der Waals surface area (Å²) in [6.45, 7) is 6.73. The molecular formula is C51H60N12O3. The van der Waals surface area contributed by atoms with Gasteiger partial charge in [-0.05, 0) is 138 Å². The Morgan fingerprint density at radius 1 is 0.864 bits per heavy atom. The number of piperidine rings is 3. The highest BCUT2D eigenvalue weighted by molar-refractivity contribution is 6.02. The third-order valence-corrected chi connectivity index (χ3v) is 16.4. The standard InChI is InChI=1S/C51H60N12O3/c1-2-51(50(66)56-39-4-3-5-39)19-24-60(25-20-51)45-14-7-36(28-53-45)47-48-37(27-52)29-55-63(48)32-42(57-47)38-30-54-62(31-38)41-10-8-40(9-11-41)59-21-16-33(17-22-59)34-6-12-43-35(26-34)18-23-61(43)44-13-15-46(64)58-49(44)65/h6-7,12,14,26,28-33,39-41,44H,2-5,8-11,13,15-25H2,1H3,(H,56,66)(H,58,64,65)/t40-,41-,44-/m1/s1. The summed E-state index contributed by atoms with van der Waals surface area (Å²) in [5, 5.41) is 25.3. The van der Waals surface area contributed by atoms with E-state index in [1.165, 1.54) is 17.5 Å². The Kier molecular flexibility index (Phi) is 11.3. The molecule has 2 aliphatic carbocycles. The van der Waals surface area contributed by atoms with E-state index in [1.807, 2.05) is 30.7 Å². The number of likely N-dealkylation sites (tertiary alicyclic amines) is 1. The van der Waals surface area contributed by atoms with Gasteiger partial charge in [0.2, 0.25) is 17.7 Å². The molecule has 6 aliphatic rings. The van der Waals surface area contributed by atoms with E-state index in [4.69, 9.17) is 15.1 Å². The van der Waals surface area contributed by atoms with Crippen LogP contribution in [0.25, 0.3) is 28.0 Å². The number of pyridine rings is 1. The average Bonchev–Trinajstić information content (AvgIpc) is 4.12. The van der Waals surface area contributed by atoms with Gasteiger partial charge in [-0.2, -0.15) is 15.5 Å². The van der Waals surface area contributed by atoms with Crippen molar-refractivity contribution in [2.45, 2.75) is 133 Å². The first-order chi connectivity index (χ1) is 32.3. The van der Waals surface area contributed by atoms with Gasteiger partial charge in [0.15, 0.2) is 0 Å². The van der Waals surface area contributed by atoms with Crippen molar-refractivity contribution in [1.82, 2.24) is 44.9 Å². The zero-order chi connectivity index (χ0) is 44.9. The minimum atomic E-state index is -0.316. The van der Waals surface area contributed by atoms with E-state index in [0.717, 1.165) is 138 Å². The smallest absolute Gasteiger partial charge is 0.249 e. The van der Waals surface area contributed by atoms with Crippen LogP contribution in [0.3, 0.4) is 0 Å². The van der Waals surface area contributed by atoms with Crippen LogP contribution in [0, 0.1) is 16.7 Å². The number of imide groups is 1. The summed E-state index contributed by atoms with van der Waals surface area (Å²) >= 11 is 0. The molecule has 3 saturated heterocycles. The monoisotopic (exact) mass is 888 g/mol. The van der Waals surface area contributed by atoms with E-state index < -0.39 is 0 Å². The molecule has 0 spiro atoms. The molecule has 0 unspecified atom stereocenters. The topological polar surface area (TPSA) is 170 Å². The van der Waals surface area contributed by atoms with Gasteiger partial charge in [-0.1, -0.05) is 19.1 Å². The van der Waals surface area contributed by atoms with Gasteiger partial charge in [0.25, 0.3) is 0 Å². The van der Waals surface area contributed by atoms with Gasteiger partial charge in [0.1, 0.15) is 29.0 Å². The number of amides is 3. The minimum Gasteiger partial charge on any atom is -0.359 e. The highest BCUT2D eigenvalue weighted by atomic mass is 16.2. The van der Waals surface area contributed by atoms with Crippen molar-refractivity contribution >= 4 is 34.7 Å². The number of aromatic nitrogens is 6. The van der Waals surface area contributed by atoms with Gasteiger partial charge in [-0.25, -0.2) is 14.5 Å². The third kappa shape index (κ3) is 7.90. The zero-order valence-electron chi connectivity index (χ0n) is 38.0. The summed E-state index contributed by atoms with van der Waals surface area (Å²) in [5.74, 6) is 1.32. The molecule has 5 fully saturated rings. The molecule has 11 rings (SSSR count). The Hall–Kier alpha value is -6.14. The molecule has 8 heterocycles. The van der Waals surface area contributed by atoms with Gasteiger partial charge in [-0.15, -0.1) is 0 Å². The largest absolute Gasteiger partial charge is 0.359 e. The van der Waals surface area contributed by atoms with Crippen LogP contribution in [0.1, 0.15) is 125 Å². The molecule has 66 heavy (non-hydrogen) atoms. The lowest BCUT2D eigenvalue weighted by atomic mass is 9.74. The number of benzene rings is 1. The summed E-state index contributed by atoms with van der Waals surface area (Å²) in [6, 6.07) is 14.2. The van der Waals surface area contributed by atoms with Crippen LogP contribution in [0.5, 0.6) is 0 Å². The number of nitrogens with zero attached hydrogens (tertiary/aromatic N) is 10. The molecule has 0 radical (unpaired) electrons. The van der Waals surface area contributed by atoms with Crippen molar-refractivity contribution in [2.75, 3.05) is 42.5 Å². The second-order valence-electron chi connectivity index (χ2n) is 19.8. The first-order valence-electron chi connectivity index (χ1n) is 24.6. The number of carbonyl (C=O) groups is 3. The molecule has 2 saturated carbocycles. The number of nitriles is 1. The molecule has 3 amide bonds. The number of nitrogens with one attached hydrogen (secondary N) is 2. The SMILES string of the molecule is CCC1(C(=O)NC2CCC2)CCN(c2ccc(-c3nc(-c4cnn([C@H]5CC[C@H](N6CCC(c7ccc8c(c7)CCN8[C@@H]7CCC(=O)NC7=O)CC6)CC5)c4)cn4ncc(C#N)c34)cn2)CC1. The number of fused-ring (bicyclic) bond motifs is 2. The highest BCUT2D eigenvalue weighted by Crippen LogP contribution is 2.41. The molecule has 5 aromatic rings. The highest BCUT2D eigenvalue weighted by Gasteiger charge is 2.42. The van der Waals surface area contributed by atoms with Crippen LogP contribution < -0.4 is 20.4 Å². The van der Waals surface area contributed by atoms with Crippen molar-refractivity contribution in [2.24, 2.45) is 5.41 Å².